The van der Waals surface area contributed by atoms with E-state index in [1.165, 1.54) is 0 Å². The first kappa shape index (κ1) is 10.4. The zero-order valence-corrected chi connectivity index (χ0v) is 7.57. The Hall–Kier alpha value is -0.570. The molecule has 0 aromatic carbocycles. The molecule has 2 atom stereocenters. The Morgan fingerprint density at radius 1 is 1.27 bits per heavy atom. The second kappa shape index (κ2) is 4.34. The molecule has 0 aromatic heterocycles. The second-order valence-electron chi connectivity index (χ2n) is 3.26. The van der Waals surface area contributed by atoms with Crippen LogP contribution >= 0.6 is 0 Å². The molecule has 2 N–H and O–H groups in total. The number of oxime groups is 1. The van der Waals surface area contributed by atoms with Gasteiger partial charge in [0.25, 0.3) is 0 Å². The highest BCUT2D eigenvalue weighted by molar-refractivity contribution is 5.83. The molecule has 0 unspecified atom stereocenters. The first-order valence-electron chi connectivity index (χ1n) is 3.87. The average molecular weight is 159 g/mol. The van der Waals surface area contributed by atoms with E-state index in [0.29, 0.717) is 5.71 Å². The third-order valence-electron chi connectivity index (χ3n) is 2.01. The molecule has 11 heavy (non-hydrogen) atoms. The van der Waals surface area contributed by atoms with Crippen LogP contribution < -0.4 is 0 Å². The van der Waals surface area contributed by atoms with E-state index in [1.54, 1.807) is 6.92 Å². The minimum Gasteiger partial charge on any atom is -0.411 e. The van der Waals surface area contributed by atoms with Crippen molar-refractivity contribution in [2.45, 2.75) is 33.8 Å². The SMILES string of the molecule is CC(=NO)[C@H](C)[C@@H](O)C(C)C. The molecule has 0 aliphatic heterocycles. The molecule has 66 valence electrons. The summed E-state index contributed by atoms with van der Waals surface area (Å²) >= 11 is 0. The fourth-order valence-corrected chi connectivity index (χ4v) is 0.916. The molecule has 0 heterocycles. The van der Waals surface area contributed by atoms with Gasteiger partial charge in [0.05, 0.1) is 11.8 Å². The molecule has 0 saturated heterocycles. The summed E-state index contributed by atoms with van der Waals surface area (Å²) in [4.78, 5) is 0. The summed E-state index contributed by atoms with van der Waals surface area (Å²) in [5.74, 6) is 0.127. The van der Waals surface area contributed by atoms with Gasteiger partial charge < -0.3 is 10.3 Å². The predicted molar refractivity (Wildman–Crippen MR) is 44.9 cm³/mol. The van der Waals surface area contributed by atoms with Crippen molar-refractivity contribution < 1.29 is 10.3 Å². The predicted octanol–water partition coefficient (Wildman–Crippen LogP) is 1.49. The number of aliphatic hydroxyl groups is 1. The molecule has 0 spiro atoms. The van der Waals surface area contributed by atoms with Crippen molar-refractivity contribution in [2.24, 2.45) is 17.0 Å². The van der Waals surface area contributed by atoms with Crippen LogP contribution in [-0.4, -0.2) is 22.1 Å². The van der Waals surface area contributed by atoms with E-state index >= 15 is 0 Å². The molecular weight excluding hydrogens is 142 g/mol. The molecule has 0 amide bonds. The van der Waals surface area contributed by atoms with Gasteiger partial charge in [-0.1, -0.05) is 25.9 Å². The van der Waals surface area contributed by atoms with Crippen LogP contribution in [0, 0.1) is 11.8 Å². The van der Waals surface area contributed by atoms with Crippen molar-refractivity contribution >= 4 is 5.71 Å². The van der Waals surface area contributed by atoms with E-state index in [2.05, 4.69) is 5.16 Å². The van der Waals surface area contributed by atoms with E-state index in [9.17, 15) is 5.11 Å². The van der Waals surface area contributed by atoms with Crippen LogP contribution in [0.25, 0.3) is 0 Å². The maximum absolute atomic E-state index is 9.50. The van der Waals surface area contributed by atoms with Crippen molar-refractivity contribution in [3.8, 4) is 0 Å². The quantitative estimate of drug-likeness (QED) is 0.372. The van der Waals surface area contributed by atoms with Crippen LogP contribution in [0.4, 0.5) is 0 Å². The molecule has 0 bridgehead atoms. The number of hydrogen-bond acceptors (Lipinski definition) is 3. The van der Waals surface area contributed by atoms with Crippen LogP contribution in [0.5, 0.6) is 0 Å². The minimum absolute atomic E-state index is 0.0694. The molecular formula is C8H17NO2. The standard InChI is InChI=1S/C8H17NO2/c1-5(2)8(10)6(3)7(4)9-11/h5-6,8,10-11H,1-4H3/t6-,8-/m0/s1. The number of nitrogens with zero attached hydrogens (tertiary/aromatic N) is 1. The Balaban J connectivity index is 4.13. The molecule has 3 nitrogen and oxygen atoms in total. The molecule has 0 radical (unpaired) electrons. The Bertz CT molecular complexity index is 143. The van der Waals surface area contributed by atoms with Crippen molar-refractivity contribution in [3.63, 3.8) is 0 Å². The lowest BCUT2D eigenvalue weighted by atomic mass is 9.92. The van der Waals surface area contributed by atoms with E-state index in [0.717, 1.165) is 0 Å². The Labute approximate surface area is 67.7 Å². The zero-order valence-electron chi connectivity index (χ0n) is 7.57. The van der Waals surface area contributed by atoms with Crippen LogP contribution in [-0.2, 0) is 0 Å². The molecule has 0 aliphatic rings. The molecule has 0 aliphatic carbocycles. The maximum atomic E-state index is 9.50. The zero-order chi connectivity index (χ0) is 9.02. The van der Waals surface area contributed by atoms with E-state index in [-0.39, 0.29) is 11.8 Å². The first-order valence-corrected chi connectivity index (χ1v) is 3.87. The smallest absolute Gasteiger partial charge is 0.0641 e. The van der Waals surface area contributed by atoms with Crippen LogP contribution in [0.3, 0.4) is 0 Å². The van der Waals surface area contributed by atoms with Crippen molar-refractivity contribution in [1.82, 2.24) is 0 Å². The van der Waals surface area contributed by atoms with Gasteiger partial charge in [0.15, 0.2) is 0 Å². The Morgan fingerprint density at radius 2 is 1.73 bits per heavy atom. The van der Waals surface area contributed by atoms with Crippen molar-refractivity contribution in [1.29, 1.82) is 0 Å². The van der Waals surface area contributed by atoms with Gasteiger partial charge >= 0.3 is 0 Å². The maximum Gasteiger partial charge on any atom is 0.0641 e. The molecule has 0 saturated carbocycles. The first-order chi connectivity index (χ1) is 5.00. The lowest BCUT2D eigenvalue weighted by Gasteiger charge is -2.20. The molecule has 0 fully saturated rings. The third-order valence-corrected chi connectivity index (χ3v) is 2.01. The molecule has 3 heteroatoms. The summed E-state index contributed by atoms with van der Waals surface area (Å²) in [6, 6.07) is 0. The minimum atomic E-state index is -0.425. The van der Waals surface area contributed by atoms with Crippen LogP contribution in [0.2, 0.25) is 0 Å². The van der Waals surface area contributed by atoms with Gasteiger partial charge in [-0.25, -0.2) is 0 Å². The second-order valence-corrected chi connectivity index (χ2v) is 3.26. The summed E-state index contributed by atoms with van der Waals surface area (Å²) in [5.41, 5.74) is 0.575. The number of rotatable bonds is 3. The molecule has 0 rings (SSSR count). The summed E-state index contributed by atoms with van der Waals surface area (Å²) < 4.78 is 0. The highest BCUT2D eigenvalue weighted by atomic mass is 16.4. The van der Waals surface area contributed by atoms with E-state index in [1.807, 2.05) is 20.8 Å². The lowest BCUT2D eigenvalue weighted by molar-refractivity contribution is 0.0963. The van der Waals surface area contributed by atoms with Gasteiger partial charge in [0.2, 0.25) is 0 Å². The van der Waals surface area contributed by atoms with E-state index < -0.39 is 6.10 Å². The highest BCUT2D eigenvalue weighted by Crippen LogP contribution is 2.13. The van der Waals surface area contributed by atoms with E-state index in [4.69, 9.17) is 5.21 Å². The monoisotopic (exact) mass is 159 g/mol. The molecule has 0 aromatic rings. The number of aliphatic hydroxyl groups excluding tert-OH is 1. The van der Waals surface area contributed by atoms with Crippen LogP contribution in [0.15, 0.2) is 5.16 Å². The summed E-state index contributed by atoms with van der Waals surface area (Å²) in [6.07, 6.45) is -0.425. The lowest BCUT2D eigenvalue weighted by Crippen LogP contribution is -2.28. The van der Waals surface area contributed by atoms with Crippen molar-refractivity contribution in [2.75, 3.05) is 0 Å². The van der Waals surface area contributed by atoms with Gasteiger partial charge in [0.1, 0.15) is 0 Å². The van der Waals surface area contributed by atoms with Gasteiger partial charge in [-0.05, 0) is 12.8 Å². The normalized spacial score (nSPS) is 18.5. The third kappa shape index (κ3) is 2.89. The Morgan fingerprint density at radius 3 is 2.00 bits per heavy atom. The van der Waals surface area contributed by atoms with Gasteiger partial charge in [0, 0.05) is 5.92 Å². The van der Waals surface area contributed by atoms with Gasteiger partial charge in [-0.2, -0.15) is 0 Å². The van der Waals surface area contributed by atoms with Crippen molar-refractivity contribution in [3.05, 3.63) is 0 Å². The summed E-state index contributed by atoms with van der Waals surface area (Å²) in [5, 5.41) is 21.0. The average Bonchev–Trinajstić information content (AvgIpc) is 2.00. The van der Waals surface area contributed by atoms with Gasteiger partial charge in [-0.15, -0.1) is 0 Å². The largest absolute Gasteiger partial charge is 0.411 e. The highest BCUT2D eigenvalue weighted by Gasteiger charge is 2.20. The summed E-state index contributed by atoms with van der Waals surface area (Å²) in [6.45, 7) is 7.42. The fourth-order valence-electron chi connectivity index (χ4n) is 0.916. The fraction of sp³-hybridized carbons (Fsp3) is 0.875. The summed E-state index contributed by atoms with van der Waals surface area (Å²) in [7, 11) is 0. The van der Waals surface area contributed by atoms with Gasteiger partial charge in [-0.3, -0.25) is 0 Å². The Kier molecular flexibility index (Phi) is 4.11. The number of hydrogen-bond donors (Lipinski definition) is 2. The van der Waals surface area contributed by atoms with Crippen LogP contribution in [0.1, 0.15) is 27.7 Å². The topological polar surface area (TPSA) is 52.8 Å².